The maximum atomic E-state index is 13.4. The van der Waals surface area contributed by atoms with Crippen LogP contribution in [0.3, 0.4) is 0 Å². The highest BCUT2D eigenvalue weighted by Gasteiger charge is 2.37. The van der Waals surface area contributed by atoms with Crippen molar-refractivity contribution in [3.8, 4) is 0 Å². The maximum absolute atomic E-state index is 13.4. The van der Waals surface area contributed by atoms with Crippen LogP contribution in [0.2, 0.25) is 0 Å². The molecule has 0 saturated heterocycles. The largest absolute Gasteiger partial charge is 0.417 e. The number of rotatable bonds is 3. The molecule has 25 heavy (non-hydrogen) atoms. The standard InChI is InChI=1S/C16H14F4N2O2S/c17-10-3-1-9-2-5-14(12(9)7-10)22-11-4-6-15(25(21,23)24)13(8-11)16(18,19)20/h1,3-4,6-8,14,22H,2,5H2,(H2,21,23,24). The SMILES string of the molecule is NS(=O)(=O)c1ccc(NC2CCc3ccc(F)cc32)cc1C(F)(F)F. The molecule has 0 saturated carbocycles. The van der Waals surface area contributed by atoms with Gasteiger partial charge in [-0.15, -0.1) is 0 Å². The average molecular weight is 374 g/mol. The molecule has 3 N–H and O–H groups in total. The fraction of sp³-hybridized carbons (Fsp3) is 0.250. The molecule has 1 aliphatic rings. The van der Waals surface area contributed by atoms with E-state index < -0.39 is 32.5 Å². The molecule has 0 aromatic heterocycles. The number of fused-ring (bicyclic) bond motifs is 1. The maximum Gasteiger partial charge on any atom is 0.417 e. The Morgan fingerprint density at radius 1 is 1.12 bits per heavy atom. The van der Waals surface area contributed by atoms with Gasteiger partial charge in [0.05, 0.1) is 16.5 Å². The van der Waals surface area contributed by atoms with Crippen LogP contribution in [0.1, 0.15) is 29.2 Å². The van der Waals surface area contributed by atoms with Gasteiger partial charge in [0.2, 0.25) is 10.0 Å². The van der Waals surface area contributed by atoms with E-state index in [9.17, 15) is 26.0 Å². The van der Waals surface area contributed by atoms with Gasteiger partial charge in [-0.1, -0.05) is 6.07 Å². The summed E-state index contributed by atoms with van der Waals surface area (Å²) in [5.74, 6) is -0.423. The van der Waals surface area contributed by atoms with Crippen LogP contribution in [-0.2, 0) is 22.6 Å². The number of nitrogens with one attached hydrogen (secondary N) is 1. The minimum atomic E-state index is -4.88. The molecule has 2 aromatic carbocycles. The summed E-state index contributed by atoms with van der Waals surface area (Å²) in [5.41, 5.74) is 0.361. The zero-order valence-electron chi connectivity index (χ0n) is 12.8. The van der Waals surface area contributed by atoms with E-state index in [4.69, 9.17) is 5.14 Å². The van der Waals surface area contributed by atoms with Gasteiger partial charge in [0.1, 0.15) is 5.82 Å². The molecule has 0 radical (unpaired) electrons. The summed E-state index contributed by atoms with van der Waals surface area (Å²) in [5, 5.41) is 7.77. The molecule has 0 heterocycles. The van der Waals surface area contributed by atoms with Crippen molar-refractivity contribution in [2.24, 2.45) is 5.14 Å². The van der Waals surface area contributed by atoms with Gasteiger partial charge in [0, 0.05) is 5.69 Å². The Bertz CT molecular complexity index is 926. The van der Waals surface area contributed by atoms with Crippen LogP contribution in [0, 0.1) is 5.82 Å². The number of hydrogen-bond donors (Lipinski definition) is 2. The predicted octanol–water partition coefficient (Wildman–Crippen LogP) is 3.59. The van der Waals surface area contributed by atoms with Gasteiger partial charge in [-0.3, -0.25) is 0 Å². The Labute approximate surface area is 141 Å². The molecule has 0 fully saturated rings. The Hall–Kier alpha value is -2.13. The van der Waals surface area contributed by atoms with E-state index in [0.717, 1.165) is 11.6 Å². The van der Waals surface area contributed by atoms with Crippen molar-refractivity contribution in [3.63, 3.8) is 0 Å². The van der Waals surface area contributed by atoms with Crippen LogP contribution < -0.4 is 10.5 Å². The molecule has 0 bridgehead atoms. The first-order valence-corrected chi connectivity index (χ1v) is 8.89. The Kier molecular flexibility index (Phi) is 4.24. The molecule has 0 amide bonds. The predicted molar refractivity (Wildman–Crippen MR) is 83.9 cm³/mol. The number of benzene rings is 2. The molecule has 134 valence electrons. The Balaban J connectivity index is 1.97. The van der Waals surface area contributed by atoms with E-state index >= 15 is 0 Å². The normalized spacial score (nSPS) is 17.4. The molecule has 0 aliphatic heterocycles. The zero-order valence-corrected chi connectivity index (χ0v) is 13.6. The van der Waals surface area contributed by atoms with Gasteiger partial charge in [-0.2, -0.15) is 13.2 Å². The summed E-state index contributed by atoms with van der Waals surface area (Å²) in [6, 6.07) is 6.72. The van der Waals surface area contributed by atoms with Crippen LogP contribution >= 0.6 is 0 Å². The van der Waals surface area contributed by atoms with Gasteiger partial charge in [-0.05, 0) is 54.3 Å². The number of anilines is 1. The first-order valence-electron chi connectivity index (χ1n) is 7.34. The molecule has 2 aromatic rings. The van der Waals surface area contributed by atoms with Crippen molar-refractivity contribution in [2.75, 3.05) is 5.32 Å². The van der Waals surface area contributed by atoms with Gasteiger partial charge in [-0.25, -0.2) is 17.9 Å². The number of nitrogens with two attached hydrogens (primary N) is 1. The third-order valence-corrected chi connectivity index (χ3v) is 5.09. The second-order valence-corrected chi connectivity index (χ2v) is 7.36. The number of primary sulfonamides is 1. The minimum absolute atomic E-state index is 0.0850. The van der Waals surface area contributed by atoms with E-state index in [1.54, 1.807) is 6.07 Å². The van der Waals surface area contributed by atoms with E-state index in [2.05, 4.69) is 5.32 Å². The highest BCUT2D eigenvalue weighted by Crippen LogP contribution is 2.38. The lowest BCUT2D eigenvalue weighted by Gasteiger charge is -2.18. The lowest BCUT2D eigenvalue weighted by Crippen LogP contribution is -2.19. The highest BCUT2D eigenvalue weighted by atomic mass is 32.2. The number of sulfonamides is 1. The first kappa shape index (κ1) is 17.7. The first-order chi connectivity index (χ1) is 11.6. The minimum Gasteiger partial charge on any atom is -0.378 e. The van der Waals surface area contributed by atoms with E-state index in [1.807, 2.05) is 0 Å². The topological polar surface area (TPSA) is 72.2 Å². The van der Waals surface area contributed by atoms with Crippen molar-refractivity contribution >= 4 is 15.7 Å². The number of hydrogen-bond acceptors (Lipinski definition) is 3. The molecule has 9 heteroatoms. The van der Waals surface area contributed by atoms with Crippen molar-refractivity contribution in [1.29, 1.82) is 0 Å². The highest BCUT2D eigenvalue weighted by molar-refractivity contribution is 7.89. The second kappa shape index (κ2) is 5.99. The molecule has 1 aliphatic carbocycles. The average Bonchev–Trinajstić information content (AvgIpc) is 2.87. The van der Waals surface area contributed by atoms with E-state index in [0.29, 0.717) is 24.5 Å². The van der Waals surface area contributed by atoms with Crippen molar-refractivity contribution in [1.82, 2.24) is 0 Å². The van der Waals surface area contributed by atoms with Crippen LogP contribution in [0.5, 0.6) is 0 Å². The lowest BCUT2D eigenvalue weighted by atomic mass is 10.1. The summed E-state index contributed by atoms with van der Waals surface area (Å²) in [6.45, 7) is 0. The number of aryl methyl sites for hydroxylation is 1. The third-order valence-electron chi connectivity index (χ3n) is 4.12. The van der Waals surface area contributed by atoms with Crippen LogP contribution in [0.25, 0.3) is 0 Å². The van der Waals surface area contributed by atoms with Crippen molar-refractivity contribution in [2.45, 2.75) is 30.0 Å². The summed E-state index contributed by atoms with van der Waals surface area (Å²) in [4.78, 5) is -0.983. The number of halogens is 4. The lowest BCUT2D eigenvalue weighted by molar-refractivity contribution is -0.139. The molecule has 1 atom stereocenters. The number of alkyl halides is 3. The van der Waals surface area contributed by atoms with Gasteiger partial charge >= 0.3 is 6.18 Å². The third kappa shape index (κ3) is 3.62. The summed E-state index contributed by atoms with van der Waals surface area (Å²) in [6.07, 6.45) is -3.61. The molecule has 1 unspecified atom stereocenters. The molecule has 3 rings (SSSR count). The van der Waals surface area contributed by atoms with Gasteiger partial charge in [0.25, 0.3) is 0 Å². The van der Waals surface area contributed by atoms with E-state index in [1.165, 1.54) is 18.2 Å². The molecule has 0 spiro atoms. The van der Waals surface area contributed by atoms with Crippen LogP contribution in [-0.4, -0.2) is 8.42 Å². The van der Waals surface area contributed by atoms with Crippen molar-refractivity contribution in [3.05, 3.63) is 58.9 Å². The van der Waals surface area contributed by atoms with Crippen molar-refractivity contribution < 1.29 is 26.0 Å². The van der Waals surface area contributed by atoms with Crippen LogP contribution in [0.4, 0.5) is 23.2 Å². The quantitative estimate of drug-likeness (QED) is 0.807. The fourth-order valence-electron chi connectivity index (χ4n) is 3.01. The Morgan fingerprint density at radius 3 is 2.48 bits per heavy atom. The fourth-order valence-corrected chi connectivity index (χ4v) is 3.75. The Morgan fingerprint density at radius 2 is 1.84 bits per heavy atom. The molecule has 4 nitrogen and oxygen atoms in total. The van der Waals surface area contributed by atoms with Gasteiger partial charge < -0.3 is 5.32 Å². The van der Waals surface area contributed by atoms with Crippen LogP contribution in [0.15, 0.2) is 41.3 Å². The smallest absolute Gasteiger partial charge is 0.378 e. The van der Waals surface area contributed by atoms with Gasteiger partial charge in [0.15, 0.2) is 0 Å². The summed E-state index contributed by atoms with van der Waals surface area (Å²) >= 11 is 0. The summed E-state index contributed by atoms with van der Waals surface area (Å²) in [7, 11) is -4.51. The molecular formula is C16H14F4N2O2S. The zero-order chi connectivity index (χ0) is 18.4. The molecular weight excluding hydrogens is 360 g/mol. The van der Waals surface area contributed by atoms with E-state index in [-0.39, 0.29) is 11.7 Å². The summed E-state index contributed by atoms with van der Waals surface area (Å²) < 4.78 is 75.7. The second-order valence-electron chi connectivity index (χ2n) is 5.83. The monoisotopic (exact) mass is 374 g/mol.